The Bertz CT molecular complexity index is 528. The van der Waals surface area contributed by atoms with Gasteiger partial charge in [-0.05, 0) is 51.3 Å². The topological polar surface area (TPSA) is 61.4 Å². The van der Waals surface area contributed by atoms with Gasteiger partial charge in [0.25, 0.3) is 0 Å². The first-order valence-corrected chi connectivity index (χ1v) is 7.42. The standard InChI is InChI=1S/C16H23N3O2/c1-11(2)17-15(20)14-8-5-9-19(14)16(21)18-13-7-4-6-12(3)10-13/h4,6-7,10-11,14H,5,8-9H2,1-3H3,(H,17,20)(H,18,21). The van der Waals surface area contributed by atoms with Gasteiger partial charge in [0.2, 0.25) is 5.91 Å². The van der Waals surface area contributed by atoms with Crippen LogP contribution in [0.15, 0.2) is 24.3 Å². The monoisotopic (exact) mass is 289 g/mol. The Labute approximate surface area is 125 Å². The SMILES string of the molecule is Cc1cccc(NC(=O)N2CCCC2C(=O)NC(C)C)c1. The van der Waals surface area contributed by atoms with Crippen LogP contribution in [0.4, 0.5) is 10.5 Å². The maximum absolute atomic E-state index is 12.4. The van der Waals surface area contributed by atoms with Crippen molar-refractivity contribution < 1.29 is 9.59 Å². The van der Waals surface area contributed by atoms with Crippen molar-refractivity contribution in [1.29, 1.82) is 0 Å². The van der Waals surface area contributed by atoms with Gasteiger partial charge in [-0.25, -0.2) is 4.79 Å². The van der Waals surface area contributed by atoms with E-state index in [0.717, 1.165) is 24.1 Å². The fourth-order valence-electron chi connectivity index (χ4n) is 2.58. The summed E-state index contributed by atoms with van der Waals surface area (Å²) >= 11 is 0. The molecule has 1 saturated heterocycles. The molecule has 5 nitrogen and oxygen atoms in total. The molecule has 1 fully saturated rings. The number of aryl methyl sites for hydroxylation is 1. The van der Waals surface area contributed by atoms with Crippen LogP contribution in [0.1, 0.15) is 32.3 Å². The summed E-state index contributed by atoms with van der Waals surface area (Å²) in [6, 6.07) is 7.16. The predicted molar refractivity (Wildman–Crippen MR) is 83.2 cm³/mol. The lowest BCUT2D eigenvalue weighted by Crippen LogP contribution is -2.48. The van der Waals surface area contributed by atoms with E-state index in [9.17, 15) is 9.59 Å². The van der Waals surface area contributed by atoms with Crippen molar-refractivity contribution in [3.63, 3.8) is 0 Å². The number of amides is 3. The number of nitrogens with zero attached hydrogens (tertiary/aromatic N) is 1. The van der Waals surface area contributed by atoms with Crippen molar-refractivity contribution in [2.45, 2.75) is 45.7 Å². The van der Waals surface area contributed by atoms with Gasteiger partial charge >= 0.3 is 6.03 Å². The van der Waals surface area contributed by atoms with Crippen LogP contribution in [0.5, 0.6) is 0 Å². The van der Waals surface area contributed by atoms with Gasteiger partial charge in [-0.3, -0.25) is 4.79 Å². The van der Waals surface area contributed by atoms with Gasteiger partial charge in [0, 0.05) is 18.3 Å². The fraction of sp³-hybridized carbons (Fsp3) is 0.500. The van der Waals surface area contributed by atoms with Gasteiger partial charge in [-0.2, -0.15) is 0 Å². The molecule has 0 bridgehead atoms. The Morgan fingerprint density at radius 1 is 1.33 bits per heavy atom. The van der Waals surface area contributed by atoms with Crippen LogP contribution in [-0.2, 0) is 4.79 Å². The number of benzene rings is 1. The molecule has 1 heterocycles. The summed E-state index contributed by atoms with van der Waals surface area (Å²) < 4.78 is 0. The van der Waals surface area contributed by atoms with E-state index in [-0.39, 0.29) is 24.0 Å². The van der Waals surface area contributed by atoms with Gasteiger partial charge in [0.15, 0.2) is 0 Å². The molecule has 2 N–H and O–H groups in total. The zero-order chi connectivity index (χ0) is 15.4. The minimum atomic E-state index is -0.364. The highest BCUT2D eigenvalue weighted by Gasteiger charge is 2.34. The number of rotatable bonds is 3. The molecule has 2 rings (SSSR count). The molecule has 0 spiro atoms. The normalized spacial score (nSPS) is 17.9. The number of hydrogen-bond donors (Lipinski definition) is 2. The summed E-state index contributed by atoms with van der Waals surface area (Å²) in [6.45, 7) is 6.44. The van der Waals surface area contributed by atoms with E-state index in [4.69, 9.17) is 0 Å². The molecule has 3 amide bonds. The van der Waals surface area contributed by atoms with Crippen LogP contribution in [0.3, 0.4) is 0 Å². The van der Waals surface area contributed by atoms with E-state index in [1.54, 1.807) is 4.90 Å². The molecule has 0 aliphatic carbocycles. The molecule has 1 aliphatic heterocycles. The maximum Gasteiger partial charge on any atom is 0.322 e. The second kappa shape index (κ2) is 6.61. The van der Waals surface area contributed by atoms with Gasteiger partial charge in [0.05, 0.1) is 0 Å². The number of anilines is 1. The van der Waals surface area contributed by atoms with E-state index in [1.807, 2.05) is 45.0 Å². The van der Waals surface area contributed by atoms with Crippen LogP contribution >= 0.6 is 0 Å². The number of nitrogens with one attached hydrogen (secondary N) is 2. The molecule has 5 heteroatoms. The Morgan fingerprint density at radius 2 is 2.10 bits per heavy atom. The van der Waals surface area contributed by atoms with Crippen molar-refractivity contribution in [1.82, 2.24) is 10.2 Å². The summed E-state index contributed by atoms with van der Waals surface area (Å²) in [5, 5.41) is 5.75. The number of carbonyl (C=O) groups excluding carboxylic acids is 2. The molecular weight excluding hydrogens is 266 g/mol. The van der Waals surface area contributed by atoms with Gasteiger partial charge < -0.3 is 15.5 Å². The van der Waals surface area contributed by atoms with Crippen molar-refractivity contribution in [2.75, 3.05) is 11.9 Å². The minimum absolute atomic E-state index is 0.0677. The lowest BCUT2D eigenvalue weighted by atomic mass is 10.2. The molecule has 1 aromatic rings. The summed E-state index contributed by atoms with van der Waals surface area (Å²) in [5.41, 5.74) is 1.85. The average Bonchev–Trinajstić information content (AvgIpc) is 2.87. The summed E-state index contributed by atoms with van der Waals surface area (Å²) in [6.07, 6.45) is 1.58. The molecule has 1 aliphatic rings. The van der Waals surface area contributed by atoms with Crippen LogP contribution in [0.2, 0.25) is 0 Å². The first kappa shape index (κ1) is 15.4. The van der Waals surface area contributed by atoms with E-state index >= 15 is 0 Å². The molecule has 0 saturated carbocycles. The molecule has 21 heavy (non-hydrogen) atoms. The van der Waals surface area contributed by atoms with Crippen LogP contribution in [-0.4, -0.2) is 35.5 Å². The van der Waals surface area contributed by atoms with Gasteiger partial charge in [-0.15, -0.1) is 0 Å². The van der Waals surface area contributed by atoms with E-state index in [2.05, 4.69) is 10.6 Å². The highest BCUT2D eigenvalue weighted by molar-refractivity contribution is 5.94. The molecule has 0 radical (unpaired) electrons. The number of likely N-dealkylation sites (tertiary alicyclic amines) is 1. The predicted octanol–water partition coefficient (Wildman–Crippen LogP) is 2.52. The molecule has 1 aromatic carbocycles. The lowest BCUT2D eigenvalue weighted by Gasteiger charge is -2.25. The van der Waals surface area contributed by atoms with Gasteiger partial charge in [-0.1, -0.05) is 12.1 Å². The highest BCUT2D eigenvalue weighted by Crippen LogP contribution is 2.19. The highest BCUT2D eigenvalue weighted by atomic mass is 16.2. The van der Waals surface area contributed by atoms with Crippen molar-refractivity contribution in [3.8, 4) is 0 Å². The fourth-order valence-corrected chi connectivity index (χ4v) is 2.58. The van der Waals surface area contributed by atoms with Crippen molar-refractivity contribution in [3.05, 3.63) is 29.8 Å². The smallest absolute Gasteiger partial charge is 0.322 e. The van der Waals surface area contributed by atoms with Crippen LogP contribution in [0.25, 0.3) is 0 Å². The first-order valence-electron chi connectivity index (χ1n) is 7.42. The number of urea groups is 1. The zero-order valence-electron chi connectivity index (χ0n) is 12.8. The third kappa shape index (κ3) is 3.97. The largest absolute Gasteiger partial charge is 0.352 e. The molecule has 1 atom stereocenters. The Kier molecular flexibility index (Phi) is 4.83. The summed E-state index contributed by atoms with van der Waals surface area (Å²) in [7, 11) is 0. The maximum atomic E-state index is 12.4. The Balaban J connectivity index is 2.02. The second-order valence-electron chi connectivity index (χ2n) is 5.81. The van der Waals surface area contributed by atoms with Crippen molar-refractivity contribution in [2.24, 2.45) is 0 Å². The first-order chi connectivity index (χ1) is 9.97. The number of carbonyl (C=O) groups is 2. The van der Waals surface area contributed by atoms with E-state index in [0.29, 0.717) is 6.54 Å². The quantitative estimate of drug-likeness (QED) is 0.898. The van der Waals surface area contributed by atoms with Crippen LogP contribution < -0.4 is 10.6 Å². The lowest BCUT2D eigenvalue weighted by molar-refractivity contribution is -0.125. The molecule has 114 valence electrons. The average molecular weight is 289 g/mol. The second-order valence-corrected chi connectivity index (χ2v) is 5.81. The van der Waals surface area contributed by atoms with Crippen LogP contribution in [0, 0.1) is 6.92 Å². The molecular formula is C16H23N3O2. The minimum Gasteiger partial charge on any atom is -0.352 e. The molecule has 0 aromatic heterocycles. The zero-order valence-corrected chi connectivity index (χ0v) is 12.8. The summed E-state index contributed by atoms with van der Waals surface area (Å²) in [5.74, 6) is -0.0677. The third-order valence-corrected chi connectivity index (χ3v) is 3.52. The third-order valence-electron chi connectivity index (χ3n) is 3.52. The molecule has 1 unspecified atom stereocenters. The van der Waals surface area contributed by atoms with E-state index in [1.165, 1.54) is 0 Å². The van der Waals surface area contributed by atoms with E-state index < -0.39 is 0 Å². The Hall–Kier alpha value is -2.04. The van der Waals surface area contributed by atoms with Gasteiger partial charge in [0.1, 0.15) is 6.04 Å². The summed E-state index contributed by atoms with van der Waals surface area (Å²) in [4.78, 5) is 26.1. The number of hydrogen-bond acceptors (Lipinski definition) is 2. The van der Waals surface area contributed by atoms with Crippen molar-refractivity contribution >= 4 is 17.6 Å². The Morgan fingerprint density at radius 3 is 2.76 bits per heavy atom.